The first-order chi connectivity index (χ1) is 9.10. The molecule has 1 aromatic heterocycles. The van der Waals surface area contributed by atoms with Crippen LogP contribution in [0.5, 0.6) is 0 Å². The van der Waals surface area contributed by atoms with E-state index in [0.717, 1.165) is 37.3 Å². The smallest absolute Gasteiger partial charge is 0.0640 e. The van der Waals surface area contributed by atoms with Crippen LogP contribution in [0, 0.1) is 5.92 Å². The van der Waals surface area contributed by atoms with Crippen molar-refractivity contribution in [3.8, 4) is 0 Å². The molecule has 110 valence electrons. The van der Waals surface area contributed by atoms with Crippen LogP contribution in [-0.4, -0.2) is 15.8 Å². The van der Waals surface area contributed by atoms with Crippen LogP contribution in [0.4, 0.5) is 0 Å². The van der Waals surface area contributed by atoms with E-state index in [9.17, 15) is 0 Å². The number of hydrogen-bond donors (Lipinski definition) is 2. The quantitative estimate of drug-likeness (QED) is 0.533. The van der Waals surface area contributed by atoms with E-state index in [1.165, 1.54) is 6.42 Å². The van der Waals surface area contributed by atoms with Crippen LogP contribution < -0.4 is 11.3 Å². The lowest BCUT2D eigenvalue weighted by molar-refractivity contribution is 0.411. The topological polar surface area (TPSA) is 55.9 Å². The Bertz CT molecular complexity index is 342. The van der Waals surface area contributed by atoms with E-state index in [-0.39, 0.29) is 0 Å². The van der Waals surface area contributed by atoms with Gasteiger partial charge in [0.1, 0.15) is 0 Å². The molecule has 4 nitrogen and oxygen atoms in total. The van der Waals surface area contributed by atoms with Gasteiger partial charge in [0.2, 0.25) is 0 Å². The first kappa shape index (κ1) is 16.2. The largest absolute Gasteiger partial charge is 0.271 e. The van der Waals surface area contributed by atoms with Gasteiger partial charge in [0.15, 0.2) is 0 Å². The average molecular weight is 266 g/mol. The Hall–Kier alpha value is -0.870. The predicted octanol–water partition coefficient (Wildman–Crippen LogP) is 3.05. The van der Waals surface area contributed by atoms with Crippen molar-refractivity contribution >= 4 is 0 Å². The van der Waals surface area contributed by atoms with Crippen LogP contribution in [-0.2, 0) is 6.42 Å². The lowest BCUT2D eigenvalue weighted by Gasteiger charge is -2.16. The molecule has 0 saturated heterocycles. The summed E-state index contributed by atoms with van der Waals surface area (Å²) in [4.78, 5) is 0. The lowest BCUT2D eigenvalue weighted by atomic mass is 10.0. The van der Waals surface area contributed by atoms with E-state index in [4.69, 9.17) is 5.84 Å². The molecule has 0 aliphatic carbocycles. The van der Waals surface area contributed by atoms with Gasteiger partial charge in [-0.1, -0.05) is 27.7 Å². The average Bonchev–Trinajstić information content (AvgIpc) is 2.84. The van der Waals surface area contributed by atoms with E-state index >= 15 is 0 Å². The highest BCUT2D eigenvalue weighted by molar-refractivity contribution is 5.02. The number of nitrogens with two attached hydrogens (primary N) is 1. The molecule has 19 heavy (non-hydrogen) atoms. The highest BCUT2D eigenvalue weighted by atomic mass is 15.3. The highest BCUT2D eigenvalue weighted by Gasteiger charge is 2.12. The normalized spacial score (nSPS) is 13.4. The molecular weight excluding hydrogens is 236 g/mol. The summed E-state index contributed by atoms with van der Waals surface area (Å²) in [5.41, 5.74) is 4.06. The van der Waals surface area contributed by atoms with E-state index in [2.05, 4.69) is 55.2 Å². The van der Waals surface area contributed by atoms with Gasteiger partial charge >= 0.3 is 0 Å². The van der Waals surface area contributed by atoms with Gasteiger partial charge < -0.3 is 0 Å². The standard InChI is InChI=1S/C15H30N4/c1-5-15(6-2)19-10-9-14(18-19)11-13(17-16)8-7-12(3)4/h9-10,12-13,15,17H,5-8,11,16H2,1-4H3. The Morgan fingerprint density at radius 1 is 1.26 bits per heavy atom. The zero-order valence-electron chi connectivity index (χ0n) is 12.9. The molecule has 0 bridgehead atoms. The molecule has 0 aliphatic rings. The molecule has 1 heterocycles. The van der Waals surface area contributed by atoms with Gasteiger partial charge in [-0.3, -0.25) is 16.0 Å². The molecule has 0 aromatic carbocycles. The molecule has 0 amide bonds. The van der Waals surface area contributed by atoms with Gasteiger partial charge in [-0.25, -0.2) is 0 Å². The fourth-order valence-corrected chi connectivity index (χ4v) is 2.38. The second kappa shape index (κ2) is 8.33. The maximum absolute atomic E-state index is 5.64. The molecule has 0 spiro atoms. The summed E-state index contributed by atoms with van der Waals surface area (Å²) in [5.74, 6) is 6.36. The van der Waals surface area contributed by atoms with E-state index in [0.29, 0.717) is 12.1 Å². The maximum atomic E-state index is 5.64. The third-order valence-electron chi connectivity index (χ3n) is 3.76. The SMILES string of the molecule is CCC(CC)n1ccc(CC(CCC(C)C)NN)n1. The molecule has 4 heteroatoms. The molecule has 1 unspecified atom stereocenters. The van der Waals surface area contributed by atoms with Crippen LogP contribution in [0.2, 0.25) is 0 Å². The van der Waals surface area contributed by atoms with Crippen molar-refractivity contribution in [2.75, 3.05) is 0 Å². The van der Waals surface area contributed by atoms with Crippen LogP contribution in [0.3, 0.4) is 0 Å². The molecule has 1 aromatic rings. The molecule has 0 saturated carbocycles. The van der Waals surface area contributed by atoms with E-state index in [1.807, 2.05) is 0 Å². The molecule has 0 fully saturated rings. The van der Waals surface area contributed by atoms with Crippen LogP contribution in [0.1, 0.15) is 65.1 Å². The first-order valence-electron chi connectivity index (χ1n) is 7.60. The van der Waals surface area contributed by atoms with Crippen molar-refractivity contribution in [2.24, 2.45) is 11.8 Å². The summed E-state index contributed by atoms with van der Waals surface area (Å²) in [6, 6.07) is 2.97. The third-order valence-corrected chi connectivity index (χ3v) is 3.76. The van der Waals surface area contributed by atoms with Gasteiger partial charge in [-0.05, 0) is 37.7 Å². The van der Waals surface area contributed by atoms with Crippen molar-refractivity contribution < 1.29 is 0 Å². The fourth-order valence-electron chi connectivity index (χ4n) is 2.38. The number of nitrogens with one attached hydrogen (secondary N) is 1. The molecule has 0 aliphatic heterocycles. The molecule has 0 radical (unpaired) electrons. The van der Waals surface area contributed by atoms with Crippen molar-refractivity contribution in [1.82, 2.24) is 15.2 Å². The fraction of sp³-hybridized carbons (Fsp3) is 0.800. The van der Waals surface area contributed by atoms with E-state index < -0.39 is 0 Å². The van der Waals surface area contributed by atoms with Crippen molar-refractivity contribution in [1.29, 1.82) is 0 Å². The van der Waals surface area contributed by atoms with Crippen LogP contribution in [0.25, 0.3) is 0 Å². The Kier molecular flexibility index (Phi) is 7.10. The third kappa shape index (κ3) is 5.33. The minimum Gasteiger partial charge on any atom is -0.271 e. The first-order valence-corrected chi connectivity index (χ1v) is 7.60. The number of nitrogens with zero attached hydrogens (tertiary/aromatic N) is 2. The summed E-state index contributed by atoms with van der Waals surface area (Å²) < 4.78 is 2.10. The summed E-state index contributed by atoms with van der Waals surface area (Å²) in [7, 11) is 0. The Balaban J connectivity index is 2.55. The number of aromatic nitrogens is 2. The summed E-state index contributed by atoms with van der Waals surface area (Å²) in [5, 5.41) is 4.69. The van der Waals surface area contributed by atoms with Gasteiger partial charge in [0.25, 0.3) is 0 Å². The Labute approximate surface area is 117 Å². The highest BCUT2D eigenvalue weighted by Crippen LogP contribution is 2.16. The van der Waals surface area contributed by atoms with E-state index in [1.54, 1.807) is 0 Å². The lowest BCUT2D eigenvalue weighted by Crippen LogP contribution is -2.37. The molecule has 1 rings (SSSR count). The zero-order chi connectivity index (χ0) is 14.3. The summed E-state index contributed by atoms with van der Waals surface area (Å²) in [6.07, 6.45) is 7.57. The Morgan fingerprint density at radius 3 is 2.47 bits per heavy atom. The van der Waals surface area contributed by atoms with Crippen LogP contribution >= 0.6 is 0 Å². The number of hydrogen-bond acceptors (Lipinski definition) is 3. The summed E-state index contributed by atoms with van der Waals surface area (Å²) in [6.45, 7) is 8.91. The van der Waals surface area contributed by atoms with Crippen molar-refractivity contribution in [3.05, 3.63) is 18.0 Å². The number of rotatable bonds is 9. The van der Waals surface area contributed by atoms with Gasteiger partial charge in [0.05, 0.1) is 11.7 Å². The van der Waals surface area contributed by atoms with Crippen molar-refractivity contribution in [3.63, 3.8) is 0 Å². The monoisotopic (exact) mass is 266 g/mol. The Morgan fingerprint density at radius 2 is 1.95 bits per heavy atom. The zero-order valence-corrected chi connectivity index (χ0v) is 12.9. The predicted molar refractivity (Wildman–Crippen MR) is 80.7 cm³/mol. The van der Waals surface area contributed by atoms with Crippen LogP contribution in [0.15, 0.2) is 12.3 Å². The number of hydrazine groups is 1. The molecule has 1 atom stereocenters. The minimum absolute atomic E-state index is 0.326. The van der Waals surface area contributed by atoms with Gasteiger partial charge in [-0.2, -0.15) is 5.10 Å². The molecular formula is C15H30N4. The van der Waals surface area contributed by atoms with Gasteiger partial charge in [-0.15, -0.1) is 0 Å². The second-order valence-electron chi connectivity index (χ2n) is 5.80. The van der Waals surface area contributed by atoms with Gasteiger partial charge in [0, 0.05) is 18.7 Å². The minimum atomic E-state index is 0.326. The second-order valence-corrected chi connectivity index (χ2v) is 5.80. The molecule has 3 N–H and O–H groups in total. The van der Waals surface area contributed by atoms with Crippen molar-refractivity contribution in [2.45, 2.75) is 71.9 Å². The summed E-state index contributed by atoms with van der Waals surface area (Å²) >= 11 is 0. The maximum Gasteiger partial charge on any atom is 0.0640 e.